The molecule has 7 nitrogen and oxygen atoms in total. The van der Waals surface area contributed by atoms with Crippen molar-refractivity contribution in [2.24, 2.45) is 0 Å². The Labute approximate surface area is 169 Å². The molecule has 0 aliphatic rings. The highest BCUT2D eigenvalue weighted by molar-refractivity contribution is 7.89. The Morgan fingerprint density at radius 2 is 1.93 bits per heavy atom. The highest BCUT2D eigenvalue weighted by Gasteiger charge is 2.16. The summed E-state index contributed by atoms with van der Waals surface area (Å²) in [5.41, 5.74) is 2.89. The Kier molecular flexibility index (Phi) is 5.87. The van der Waals surface area contributed by atoms with E-state index in [1.807, 2.05) is 13.8 Å². The van der Waals surface area contributed by atoms with Gasteiger partial charge in [-0.2, -0.15) is 0 Å². The molecule has 0 bridgehead atoms. The minimum Gasteiger partial charge on any atom is -0.340 e. The summed E-state index contributed by atoms with van der Waals surface area (Å²) >= 11 is 1.64. The average molecular weight is 421 g/mol. The molecule has 0 saturated carbocycles. The van der Waals surface area contributed by atoms with Gasteiger partial charge in [0.1, 0.15) is 0 Å². The molecular weight excluding hydrogens is 396 g/mol. The molecule has 0 saturated heterocycles. The van der Waals surface area contributed by atoms with Crippen molar-refractivity contribution < 1.29 is 13.2 Å². The number of nitrogens with one attached hydrogen (secondary N) is 1. The smallest absolute Gasteiger partial charge is 0.240 e. The zero-order valence-corrected chi connectivity index (χ0v) is 18.0. The number of benzene rings is 1. The minimum absolute atomic E-state index is 0.0354. The summed E-state index contributed by atoms with van der Waals surface area (Å²) in [6.07, 6.45) is 2.97. The van der Waals surface area contributed by atoms with E-state index in [4.69, 9.17) is 0 Å². The summed E-state index contributed by atoms with van der Waals surface area (Å²) in [6.45, 7) is 4.51. The molecule has 0 fully saturated rings. The third kappa shape index (κ3) is 4.26. The van der Waals surface area contributed by atoms with E-state index in [0.717, 1.165) is 21.9 Å². The number of hydrogen-bond acceptors (Lipinski definition) is 5. The number of nitrogens with zero attached hydrogens (tertiary/aromatic N) is 3. The zero-order valence-electron chi connectivity index (χ0n) is 16.4. The maximum absolute atomic E-state index is 12.6. The lowest BCUT2D eigenvalue weighted by Gasteiger charge is -2.17. The average Bonchev–Trinajstić information content (AvgIpc) is 3.16. The first-order chi connectivity index (χ1) is 13.2. The second-order valence-electron chi connectivity index (χ2n) is 6.74. The van der Waals surface area contributed by atoms with Crippen LogP contribution in [-0.2, 0) is 27.8 Å². The van der Waals surface area contributed by atoms with Crippen LogP contribution in [0, 0.1) is 13.8 Å². The maximum atomic E-state index is 12.6. The fourth-order valence-electron chi connectivity index (χ4n) is 3.01. The number of sulfonamides is 1. The first-order valence-corrected chi connectivity index (χ1v) is 11.2. The van der Waals surface area contributed by atoms with Gasteiger partial charge in [0.05, 0.1) is 22.8 Å². The van der Waals surface area contributed by atoms with E-state index in [9.17, 15) is 13.2 Å². The highest BCUT2D eigenvalue weighted by atomic mass is 32.2. The topological polar surface area (TPSA) is 83.8 Å². The van der Waals surface area contributed by atoms with Crippen LogP contribution < -0.4 is 4.72 Å². The Hall–Kier alpha value is -2.23. The van der Waals surface area contributed by atoms with Gasteiger partial charge in [0.15, 0.2) is 4.96 Å². The van der Waals surface area contributed by atoms with Gasteiger partial charge in [-0.05, 0) is 45.0 Å². The lowest BCUT2D eigenvalue weighted by Crippen LogP contribution is -2.27. The maximum Gasteiger partial charge on any atom is 0.240 e. The Bertz CT molecular complexity index is 1100. The third-order valence-electron chi connectivity index (χ3n) is 4.68. The van der Waals surface area contributed by atoms with E-state index in [1.54, 1.807) is 47.5 Å². The Morgan fingerprint density at radius 3 is 2.57 bits per heavy atom. The molecule has 2 aromatic heterocycles. The van der Waals surface area contributed by atoms with E-state index in [-0.39, 0.29) is 10.8 Å². The number of hydrogen-bond donors (Lipinski definition) is 1. The molecule has 0 unspecified atom stereocenters. The lowest BCUT2D eigenvalue weighted by atomic mass is 10.1. The SMILES string of the molecule is CNS(=O)(=O)c1ccc(CCC(=O)N(C)Cc2c(C)nc3sc(C)cn23)cc1. The summed E-state index contributed by atoms with van der Waals surface area (Å²) in [6, 6.07) is 6.61. The van der Waals surface area contributed by atoms with Crippen molar-refractivity contribution in [1.29, 1.82) is 0 Å². The summed E-state index contributed by atoms with van der Waals surface area (Å²) in [5.74, 6) is 0.0354. The minimum atomic E-state index is -3.44. The molecule has 150 valence electrons. The number of aryl methyl sites for hydroxylation is 3. The molecule has 0 spiro atoms. The van der Waals surface area contributed by atoms with Crippen molar-refractivity contribution in [3.63, 3.8) is 0 Å². The van der Waals surface area contributed by atoms with Crippen LogP contribution in [0.2, 0.25) is 0 Å². The molecule has 0 aliphatic heterocycles. The normalized spacial score (nSPS) is 11.9. The molecule has 2 heterocycles. The van der Waals surface area contributed by atoms with E-state index in [1.165, 1.54) is 11.9 Å². The number of aromatic nitrogens is 2. The van der Waals surface area contributed by atoms with Crippen molar-refractivity contribution in [3.8, 4) is 0 Å². The third-order valence-corrected chi connectivity index (χ3v) is 7.01. The number of amides is 1. The van der Waals surface area contributed by atoms with Crippen LogP contribution in [0.1, 0.15) is 28.2 Å². The molecule has 3 aromatic rings. The van der Waals surface area contributed by atoms with Crippen LogP contribution in [0.15, 0.2) is 35.4 Å². The van der Waals surface area contributed by atoms with Crippen LogP contribution in [0.3, 0.4) is 0 Å². The number of fused-ring (bicyclic) bond motifs is 1. The lowest BCUT2D eigenvalue weighted by molar-refractivity contribution is -0.130. The summed E-state index contributed by atoms with van der Waals surface area (Å²) in [4.78, 5) is 21.2. The first-order valence-electron chi connectivity index (χ1n) is 8.91. The van der Waals surface area contributed by atoms with Gasteiger partial charge in [-0.1, -0.05) is 12.1 Å². The van der Waals surface area contributed by atoms with Gasteiger partial charge in [-0.25, -0.2) is 18.1 Å². The van der Waals surface area contributed by atoms with Gasteiger partial charge >= 0.3 is 0 Å². The van der Waals surface area contributed by atoms with E-state index in [2.05, 4.69) is 20.3 Å². The van der Waals surface area contributed by atoms with Crippen molar-refractivity contribution >= 4 is 32.2 Å². The number of carbonyl (C=O) groups is 1. The van der Waals surface area contributed by atoms with E-state index in [0.29, 0.717) is 19.4 Å². The molecule has 3 rings (SSSR count). The molecule has 0 atom stereocenters. The predicted molar refractivity (Wildman–Crippen MR) is 110 cm³/mol. The molecule has 0 aliphatic carbocycles. The molecule has 0 radical (unpaired) electrons. The highest BCUT2D eigenvalue weighted by Crippen LogP contribution is 2.22. The summed E-state index contributed by atoms with van der Waals surface area (Å²) < 4.78 is 27.9. The monoisotopic (exact) mass is 420 g/mol. The number of imidazole rings is 1. The van der Waals surface area contributed by atoms with E-state index >= 15 is 0 Å². The molecular formula is C19H24N4O3S2. The second kappa shape index (κ2) is 8.02. The van der Waals surface area contributed by atoms with Crippen molar-refractivity contribution in [1.82, 2.24) is 19.0 Å². The Morgan fingerprint density at radius 1 is 1.25 bits per heavy atom. The van der Waals surface area contributed by atoms with Gasteiger partial charge in [-0.3, -0.25) is 9.20 Å². The van der Waals surface area contributed by atoms with Gasteiger partial charge < -0.3 is 4.90 Å². The fraction of sp³-hybridized carbons (Fsp3) is 0.368. The first kappa shape index (κ1) is 20.5. The van der Waals surface area contributed by atoms with Crippen LogP contribution in [0.5, 0.6) is 0 Å². The van der Waals surface area contributed by atoms with Gasteiger partial charge in [0.2, 0.25) is 15.9 Å². The molecule has 28 heavy (non-hydrogen) atoms. The van der Waals surface area contributed by atoms with Gasteiger partial charge in [-0.15, -0.1) is 11.3 Å². The van der Waals surface area contributed by atoms with Crippen LogP contribution in [0.25, 0.3) is 4.96 Å². The predicted octanol–water partition coefficient (Wildman–Crippen LogP) is 2.51. The van der Waals surface area contributed by atoms with Gasteiger partial charge in [0, 0.05) is 24.5 Å². The summed E-state index contributed by atoms with van der Waals surface area (Å²) in [5, 5.41) is 0. The van der Waals surface area contributed by atoms with Crippen LogP contribution in [0.4, 0.5) is 0 Å². The van der Waals surface area contributed by atoms with Crippen LogP contribution in [-0.4, -0.2) is 42.7 Å². The van der Waals surface area contributed by atoms with Crippen molar-refractivity contribution in [3.05, 3.63) is 52.3 Å². The molecule has 9 heteroatoms. The van der Waals surface area contributed by atoms with E-state index < -0.39 is 10.0 Å². The molecule has 1 aromatic carbocycles. The zero-order chi connectivity index (χ0) is 20.5. The summed E-state index contributed by atoms with van der Waals surface area (Å²) in [7, 11) is -0.267. The quantitative estimate of drug-likeness (QED) is 0.637. The molecule has 1 N–H and O–H groups in total. The fourth-order valence-corrected chi connectivity index (χ4v) is 4.63. The number of carbonyl (C=O) groups excluding carboxylic acids is 1. The van der Waals surface area contributed by atoms with Gasteiger partial charge in [0.25, 0.3) is 0 Å². The van der Waals surface area contributed by atoms with Crippen LogP contribution >= 0.6 is 11.3 Å². The standard InChI is InChI=1S/C19H24N4O3S2/c1-13-11-23-17(14(2)21-19(23)27-13)12-22(4)18(24)10-7-15-5-8-16(9-6-15)28(25,26)20-3/h5-6,8-9,11,20H,7,10,12H2,1-4H3. The van der Waals surface area contributed by atoms with Crippen molar-refractivity contribution in [2.75, 3.05) is 14.1 Å². The molecule has 1 amide bonds. The number of thiazole rings is 1. The largest absolute Gasteiger partial charge is 0.340 e. The second-order valence-corrected chi connectivity index (χ2v) is 9.84. The number of rotatable bonds is 7. The van der Waals surface area contributed by atoms with Crippen molar-refractivity contribution in [2.45, 2.75) is 38.1 Å². The Balaban J connectivity index is 1.62.